The fourth-order valence-corrected chi connectivity index (χ4v) is 0.947. The zero-order chi connectivity index (χ0) is 8.27. The van der Waals surface area contributed by atoms with Gasteiger partial charge in [0.25, 0.3) is 0 Å². The molecule has 0 bridgehead atoms. The van der Waals surface area contributed by atoms with Crippen LogP contribution in [0.4, 0.5) is 0 Å². The number of hydrogen-bond donors (Lipinski definition) is 0. The molecule has 0 spiro atoms. The van der Waals surface area contributed by atoms with Crippen LogP contribution in [-0.2, 0) is 4.74 Å². The van der Waals surface area contributed by atoms with E-state index in [1.165, 1.54) is 0 Å². The van der Waals surface area contributed by atoms with Gasteiger partial charge >= 0.3 is 0 Å². The van der Waals surface area contributed by atoms with Gasteiger partial charge in [0.05, 0.1) is 12.1 Å². The van der Waals surface area contributed by atoms with Crippen LogP contribution in [0.1, 0.15) is 20.3 Å². The summed E-state index contributed by atoms with van der Waals surface area (Å²) < 4.78 is 5.19. The van der Waals surface area contributed by atoms with E-state index in [0.717, 1.165) is 0 Å². The molecule has 0 radical (unpaired) electrons. The van der Waals surface area contributed by atoms with E-state index in [9.17, 15) is 0 Å². The van der Waals surface area contributed by atoms with Crippen LogP contribution in [0.2, 0.25) is 0 Å². The van der Waals surface area contributed by atoms with Crippen molar-refractivity contribution in [3.63, 3.8) is 0 Å². The predicted molar refractivity (Wildman–Crippen MR) is 42.2 cm³/mol. The van der Waals surface area contributed by atoms with Crippen LogP contribution in [-0.4, -0.2) is 18.5 Å². The Balaban J connectivity index is 2.48. The Morgan fingerprint density at radius 3 is 3.00 bits per heavy atom. The molecule has 1 heterocycles. The normalized spacial score (nSPS) is 22.7. The third-order valence-corrected chi connectivity index (χ3v) is 1.73. The zero-order valence-electron chi connectivity index (χ0n) is 6.87. The molecule has 0 aromatic rings. The summed E-state index contributed by atoms with van der Waals surface area (Å²) in [5.74, 6) is 1.11. The summed E-state index contributed by atoms with van der Waals surface area (Å²) in [6.07, 6.45) is 0.309. The molecule has 0 aliphatic carbocycles. The molecule has 0 saturated carbocycles. The monoisotopic (exact) mass is 152 g/mol. The maximum atomic E-state index is 8.34. The Hall–Kier alpha value is -1.04. The van der Waals surface area contributed by atoms with E-state index in [2.05, 4.69) is 18.8 Å². The number of aliphatic imine (C=N–C) groups is 1. The first kappa shape index (κ1) is 8.06. The van der Waals surface area contributed by atoms with Crippen molar-refractivity contribution in [2.45, 2.75) is 26.3 Å². The van der Waals surface area contributed by atoms with Crippen LogP contribution in [0.5, 0.6) is 0 Å². The average molecular weight is 152 g/mol. The minimum atomic E-state index is 0.262. The molecule has 3 nitrogen and oxygen atoms in total. The second-order valence-corrected chi connectivity index (χ2v) is 2.98. The Kier molecular flexibility index (Phi) is 2.48. The van der Waals surface area contributed by atoms with E-state index >= 15 is 0 Å². The van der Waals surface area contributed by atoms with Crippen LogP contribution in [0.25, 0.3) is 0 Å². The van der Waals surface area contributed by atoms with Gasteiger partial charge in [-0.25, -0.2) is 4.99 Å². The number of rotatable bonds is 2. The molecule has 60 valence electrons. The first-order valence-electron chi connectivity index (χ1n) is 3.80. The van der Waals surface area contributed by atoms with Crippen LogP contribution >= 0.6 is 0 Å². The van der Waals surface area contributed by atoms with Crippen molar-refractivity contribution in [2.75, 3.05) is 6.61 Å². The SMILES string of the molecule is CC(C)[C@@H]1COC(CC#N)=N1. The first-order chi connectivity index (χ1) is 5.24. The standard InChI is InChI=1S/C8H12N2O/c1-6(2)7-5-11-8(10-7)3-4-9/h6-7H,3,5H2,1-2H3/t7-/m0/s1. The van der Waals surface area contributed by atoms with Crippen LogP contribution in [0, 0.1) is 17.2 Å². The lowest BCUT2D eigenvalue weighted by molar-refractivity contribution is 0.288. The fraction of sp³-hybridized carbons (Fsp3) is 0.750. The van der Waals surface area contributed by atoms with Crippen molar-refractivity contribution < 1.29 is 4.74 Å². The van der Waals surface area contributed by atoms with Crippen molar-refractivity contribution in [2.24, 2.45) is 10.9 Å². The predicted octanol–water partition coefficient (Wildman–Crippen LogP) is 1.35. The molecule has 0 N–H and O–H groups in total. The van der Waals surface area contributed by atoms with E-state index < -0.39 is 0 Å². The van der Waals surface area contributed by atoms with Gasteiger partial charge in [0.15, 0.2) is 5.90 Å². The molecule has 1 rings (SSSR count). The van der Waals surface area contributed by atoms with E-state index in [-0.39, 0.29) is 6.04 Å². The van der Waals surface area contributed by atoms with Gasteiger partial charge in [-0.1, -0.05) is 13.8 Å². The highest BCUT2D eigenvalue weighted by Crippen LogP contribution is 2.14. The third-order valence-electron chi connectivity index (χ3n) is 1.73. The summed E-state index contributed by atoms with van der Waals surface area (Å²) in [4.78, 5) is 4.25. The highest BCUT2D eigenvalue weighted by atomic mass is 16.5. The maximum Gasteiger partial charge on any atom is 0.198 e. The van der Waals surface area contributed by atoms with Crippen LogP contribution in [0.15, 0.2) is 4.99 Å². The van der Waals surface area contributed by atoms with E-state index in [0.29, 0.717) is 24.8 Å². The fourth-order valence-electron chi connectivity index (χ4n) is 0.947. The smallest absolute Gasteiger partial charge is 0.198 e. The van der Waals surface area contributed by atoms with Gasteiger partial charge in [-0.3, -0.25) is 0 Å². The molecule has 1 aliphatic rings. The lowest BCUT2D eigenvalue weighted by Crippen LogP contribution is -2.13. The topological polar surface area (TPSA) is 45.4 Å². The molecule has 0 fully saturated rings. The highest BCUT2D eigenvalue weighted by Gasteiger charge is 2.20. The lowest BCUT2D eigenvalue weighted by atomic mass is 10.1. The van der Waals surface area contributed by atoms with Gasteiger partial charge in [-0.15, -0.1) is 0 Å². The first-order valence-corrected chi connectivity index (χ1v) is 3.80. The molecule has 1 aliphatic heterocycles. The number of ether oxygens (including phenoxy) is 1. The second-order valence-electron chi connectivity index (χ2n) is 2.98. The molecule has 0 aromatic carbocycles. The van der Waals surface area contributed by atoms with Gasteiger partial charge in [0, 0.05) is 0 Å². The molecule has 3 heteroatoms. The molecule has 0 unspecified atom stereocenters. The van der Waals surface area contributed by atoms with Gasteiger partial charge in [-0.05, 0) is 5.92 Å². The Bertz CT molecular complexity index is 203. The van der Waals surface area contributed by atoms with E-state index in [1.54, 1.807) is 0 Å². The van der Waals surface area contributed by atoms with Crippen molar-refractivity contribution in [3.05, 3.63) is 0 Å². The molecule has 0 amide bonds. The quantitative estimate of drug-likeness (QED) is 0.599. The average Bonchev–Trinajstić information content (AvgIpc) is 2.37. The van der Waals surface area contributed by atoms with Crippen LogP contribution < -0.4 is 0 Å². The maximum absolute atomic E-state index is 8.34. The number of nitrogens with zero attached hydrogens (tertiary/aromatic N) is 2. The largest absolute Gasteiger partial charge is 0.478 e. The lowest BCUT2D eigenvalue weighted by Gasteiger charge is -2.06. The van der Waals surface area contributed by atoms with E-state index in [4.69, 9.17) is 10.00 Å². The third kappa shape index (κ3) is 1.94. The van der Waals surface area contributed by atoms with E-state index in [1.807, 2.05) is 6.07 Å². The Labute approximate surface area is 66.7 Å². The number of hydrogen-bond acceptors (Lipinski definition) is 3. The molecule has 11 heavy (non-hydrogen) atoms. The summed E-state index contributed by atoms with van der Waals surface area (Å²) in [6, 6.07) is 2.28. The molecular formula is C8H12N2O. The zero-order valence-corrected chi connectivity index (χ0v) is 6.87. The van der Waals surface area contributed by atoms with Gasteiger partial charge in [-0.2, -0.15) is 5.26 Å². The summed E-state index contributed by atoms with van der Waals surface area (Å²) in [5.41, 5.74) is 0. The minimum Gasteiger partial charge on any atom is -0.478 e. The summed E-state index contributed by atoms with van der Waals surface area (Å²) in [5, 5.41) is 8.34. The van der Waals surface area contributed by atoms with Crippen molar-refractivity contribution in [1.29, 1.82) is 5.26 Å². The van der Waals surface area contributed by atoms with Gasteiger partial charge in [0.1, 0.15) is 13.0 Å². The Morgan fingerprint density at radius 1 is 1.82 bits per heavy atom. The van der Waals surface area contributed by atoms with Crippen LogP contribution in [0.3, 0.4) is 0 Å². The minimum absolute atomic E-state index is 0.262. The number of nitriles is 1. The Morgan fingerprint density at radius 2 is 2.55 bits per heavy atom. The molecule has 0 saturated heterocycles. The van der Waals surface area contributed by atoms with Crippen molar-refractivity contribution in [1.82, 2.24) is 0 Å². The highest BCUT2D eigenvalue weighted by molar-refractivity contribution is 5.79. The summed E-state index contributed by atoms with van der Waals surface area (Å²) >= 11 is 0. The van der Waals surface area contributed by atoms with Crippen molar-refractivity contribution in [3.8, 4) is 6.07 Å². The molecule has 1 atom stereocenters. The molecule has 0 aromatic heterocycles. The summed E-state index contributed by atoms with van der Waals surface area (Å²) in [7, 11) is 0. The summed E-state index contributed by atoms with van der Waals surface area (Å²) in [6.45, 7) is 4.86. The van der Waals surface area contributed by atoms with Gasteiger partial charge in [0.2, 0.25) is 0 Å². The molecular weight excluding hydrogens is 140 g/mol. The second kappa shape index (κ2) is 3.38. The van der Waals surface area contributed by atoms with Crippen molar-refractivity contribution >= 4 is 5.90 Å². The van der Waals surface area contributed by atoms with Gasteiger partial charge < -0.3 is 4.74 Å².